The summed E-state index contributed by atoms with van der Waals surface area (Å²) in [6, 6.07) is 11.1. The SMILES string of the molecule is COC(=O)N[C@H](C(=O)N1C[C@@H]2CC[C@@]1(c1ncc(-c3ccc(-c4ccc(-c5cnc([C@@]67CC[C@@H](CN6C(=O)[C@@H](NC(=O)OC)C(C)C)C7)[nH]5)c5c4ncn5C)cc3)[nH]1)C2)C(C)C. The maximum Gasteiger partial charge on any atom is 0.407 e. The number of aryl methyl sites for hydroxylation is 1. The molecule has 16 nitrogen and oxygen atoms in total. The topological polar surface area (TPSA) is 192 Å². The predicted molar refractivity (Wildman–Crippen MR) is 231 cm³/mol. The van der Waals surface area contributed by atoms with Gasteiger partial charge in [-0.05, 0) is 79.4 Å². The molecule has 0 spiro atoms. The van der Waals surface area contributed by atoms with Crippen LogP contribution in [0.2, 0.25) is 0 Å². The normalized spacial score (nSPS) is 23.7. The Hall–Kier alpha value is -6.19. The van der Waals surface area contributed by atoms with Gasteiger partial charge in [-0.2, -0.15) is 0 Å². The van der Waals surface area contributed by atoms with Crippen molar-refractivity contribution in [3.8, 4) is 33.6 Å². The third-order valence-corrected chi connectivity index (χ3v) is 14.1. The number of nitrogens with one attached hydrogen (secondary N) is 4. The molecule has 4 N–H and O–H groups in total. The van der Waals surface area contributed by atoms with Gasteiger partial charge in [-0.25, -0.2) is 24.5 Å². The van der Waals surface area contributed by atoms with Gasteiger partial charge in [0, 0.05) is 31.3 Å². The number of ether oxygens (including phenoxy) is 2. The van der Waals surface area contributed by atoms with Crippen LogP contribution in [0.25, 0.3) is 44.7 Å². The Morgan fingerprint density at radius 3 is 1.68 bits per heavy atom. The minimum absolute atomic E-state index is 0.111. The predicted octanol–water partition coefficient (Wildman–Crippen LogP) is 6.46. The van der Waals surface area contributed by atoms with Crippen molar-refractivity contribution in [2.24, 2.45) is 30.7 Å². The zero-order chi connectivity index (χ0) is 43.7. The van der Waals surface area contributed by atoms with Gasteiger partial charge in [-0.1, -0.05) is 58.0 Å². The average Bonchev–Trinajstić information content (AvgIpc) is 4.14. The quantitative estimate of drug-likeness (QED) is 0.116. The zero-order valence-corrected chi connectivity index (χ0v) is 36.4. The zero-order valence-electron chi connectivity index (χ0n) is 36.4. The number of alkyl carbamates (subject to hydrolysis) is 2. The smallest absolute Gasteiger partial charge is 0.407 e. The lowest BCUT2D eigenvalue weighted by Crippen LogP contribution is -2.56. The van der Waals surface area contributed by atoms with Crippen LogP contribution >= 0.6 is 0 Å². The van der Waals surface area contributed by atoms with Crippen molar-refractivity contribution in [3.63, 3.8) is 0 Å². The molecule has 2 aliphatic carbocycles. The fraction of sp³-hybridized carbons (Fsp3) is 0.500. The van der Waals surface area contributed by atoms with E-state index in [1.807, 2.05) is 67.8 Å². The van der Waals surface area contributed by atoms with Crippen molar-refractivity contribution < 1.29 is 28.7 Å². The minimum Gasteiger partial charge on any atom is -0.453 e. The highest BCUT2D eigenvalue weighted by atomic mass is 16.5. The summed E-state index contributed by atoms with van der Waals surface area (Å²) in [5.41, 5.74) is 6.28. The largest absolute Gasteiger partial charge is 0.453 e. The number of benzene rings is 2. The van der Waals surface area contributed by atoms with Crippen LogP contribution in [-0.4, -0.2) is 103 Å². The Morgan fingerprint density at radius 2 is 1.18 bits per heavy atom. The molecule has 62 heavy (non-hydrogen) atoms. The maximum atomic E-state index is 14.1. The van der Waals surface area contributed by atoms with E-state index in [4.69, 9.17) is 24.4 Å². The van der Waals surface area contributed by atoms with Gasteiger partial charge >= 0.3 is 12.2 Å². The summed E-state index contributed by atoms with van der Waals surface area (Å²) < 4.78 is 11.7. The van der Waals surface area contributed by atoms with Crippen LogP contribution in [-0.2, 0) is 37.2 Å². The number of piperidine rings is 2. The molecule has 0 radical (unpaired) electrons. The van der Waals surface area contributed by atoms with Crippen LogP contribution in [0.3, 0.4) is 0 Å². The fourth-order valence-electron chi connectivity index (χ4n) is 10.9. The van der Waals surface area contributed by atoms with Crippen LogP contribution < -0.4 is 10.6 Å². The summed E-state index contributed by atoms with van der Waals surface area (Å²) in [7, 11) is 4.59. The molecule has 2 aromatic carbocycles. The summed E-state index contributed by atoms with van der Waals surface area (Å²) in [6.45, 7) is 8.96. The first-order valence-corrected chi connectivity index (χ1v) is 21.7. The Labute approximate surface area is 360 Å². The Morgan fingerprint density at radius 1 is 0.694 bits per heavy atom. The number of amides is 4. The Balaban J connectivity index is 0.967. The van der Waals surface area contributed by atoms with Crippen LogP contribution in [0.15, 0.2) is 55.1 Å². The highest BCUT2D eigenvalue weighted by Gasteiger charge is 2.58. The molecule has 326 valence electrons. The monoisotopic (exact) mass is 844 g/mol. The van der Waals surface area contributed by atoms with Crippen molar-refractivity contribution in [3.05, 3.63) is 66.8 Å². The minimum atomic E-state index is -0.711. The summed E-state index contributed by atoms with van der Waals surface area (Å²) >= 11 is 0. The van der Waals surface area contributed by atoms with E-state index in [0.29, 0.717) is 24.9 Å². The van der Waals surface area contributed by atoms with Crippen molar-refractivity contribution in [2.75, 3.05) is 27.3 Å². The lowest BCUT2D eigenvalue weighted by Gasteiger charge is -2.40. The lowest BCUT2D eigenvalue weighted by atomic mass is 9.93. The number of fused-ring (bicyclic) bond motifs is 5. The molecule has 9 rings (SSSR count). The number of carbonyl (C=O) groups excluding carboxylic acids is 4. The van der Waals surface area contributed by atoms with Crippen molar-refractivity contribution >= 4 is 35.0 Å². The molecule has 2 saturated carbocycles. The number of imidazole rings is 3. The Bertz CT molecular complexity index is 2540. The van der Waals surface area contributed by atoms with Gasteiger partial charge in [0.05, 0.1) is 55.4 Å². The molecule has 5 aromatic rings. The maximum absolute atomic E-state index is 14.1. The number of H-pyrrole nitrogens is 2. The summed E-state index contributed by atoms with van der Waals surface area (Å²) in [5, 5.41) is 5.53. The fourth-order valence-corrected chi connectivity index (χ4v) is 10.9. The first-order valence-electron chi connectivity index (χ1n) is 21.7. The molecule has 6 atom stereocenters. The van der Waals surface area contributed by atoms with Gasteiger partial charge in [0.1, 0.15) is 34.8 Å². The van der Waals surface area contributed by atoms with Crippen LogP contribution in [0.5, 0.6) is 0 Å². The van der Waals surface area contributed by atoms with E-state index in [1.165, 1.54) is 14.2 Å². The third-order valence-electron chi connectivity index (χ3n) is 14.1. The van der Waals surface area contributed by atoms with E-state index in [0.717, 1.165) is 94.8 Å². The number of nitrogens with zero attached hydrogens (tertiary/aromatic N) is 6. The van der Waals surface area contributed by atoms with Gasteiger partial charge in [0.15, 0.2) is 0 Å². The molecule has 4 aliphatic rings. The van der Waals surface area contributed by atoms with Gasteiger partial charge in [0.2, 0.25) is 11.8 Å². The lowest BCUT2D eigenvalue weighted by molar-refractivity contribution is -0.141. The third kappa shape index (κ3) is 6.69. The van der Waals surface area contributed by atoms with Gasteiger partial charge in [0.25, 0.3) is 0 Å². The molecule has 16 heteroatoms. The second-order valence-electron chi connectivity index (χ2n) is 18.5. The average molecular weight is 845 g/mol. The standard InChI is InChI=1S/C46H56N10O6/c1-25(2)35(52-43(59)61-6)39(57)55-22-27-14-16-45(55,18-27)41-47-20-33(50-41)30-10-8-29(9-11-30)31-12-13-32(38-37(31)49-24-54(38)5)34-21-48-42(51-34)46-17-15-28(19-46)23-56(46)40(58)36(26(3)4)53-44(60)62-7/h8-13,20-21,24-28,35-36H,14-19,22-23H2,1-7H3,(H,47,50)(H,48,51)(H,52,59)(H,53,60)/t27-,28-,35+,36+,45+,46+/m1/s1. The van der Waals surface area contributed by atoms with E-state index in [2.05, 4.69) is 57.0 Å². The molecule has 4 amide bonds. The molecule has 3 aromatic heterocycles. The van der Waals surface area contributed by atoms with E-state index in [9.17, 15) is 19.2 Å². The Kier molecular flexibility index (Phi) is 10.4. The second kappa shape index (κ2) is 15.6. The molecular weight excluding hydrogens is 789 g/mol. The molecule has 0 unspecified atom stereocenters. The summed E-state index contributed by atoms with van der Waals surface area (Å²) in [6.07, 6.45) is 9.57. The molecular formula is C46H56N10O6. The van der Waals surface area contributed by atoms with Crippen molar-refractivity contribution in [1.29, 1.82) is 0 Å². The van der Waals surface area contributed by atoms with Gasteiger partial charge in [-0.15, -0.1) is 0 Å². The first-order chi connectivity index (χ1) is 29.8. The molecule has 2 aliphatic heterocycles. The summed E-state index contributed by atoms with van der Waals surface area (Å²) in [4.78, 5) is 78.3. The van der Waals surface area contributed by atoms with Gasteiger partial charge in [-0.3, -0.25) is 9.59 Å². The van der Waals surface area contributed by atoms with E-state index in [1.54, 1.807) is 0 Å². The number of hydrogen-bond acceptors (Lipinski definition) is 9. The number of aromatic nitrogens is 6. The molecule has 4 bridgehead atoms. The van der Waals surface area contributed by atoms with Crippen LogP contribution in [0.4, 0.5) is 9.59 Å². The van der Waals surface area contributed by atoms with Crippen LogP contribution in [0, 0.1) is 23.7 Å². The summed E-state index contributed by atoms with van der Waals surface area (Å²) in [5.74, 6) is 1.81. The van der Waals surface area contributed by atoms with E-state index in [-0.39, 0.29) is 23.7 Å². The number of hydrogen-bond donors (Lipinski definition) is 4. The second-order valence-corrected chi connectivity index (χ2v) is 18.5. The highest BCUT2D eigenvalue weighted by molar-refractivity contribution is 6.00. The van der Waals surface area contributed by atoms with Gasteiger partial charge < -0.3 is 44.4 Å². The first kappa shape index (κ1) is 41.2. The highest BCUT2D eigenvalue weighted by Crippen LogP contribution is 2.54. The number of rotatable bonds is 11. The van der Waals surface area contributed by atoms with E-state index < -0.39 is 35.3 Å². The molecule has 4 fully saturated rings. The number of carbonyl (C=O) groups is 4. The van der Waals surface area contributed by atoms with E-state index >= 15 is 0 Å². The number of methoxy groups -OCH3 is 2. The number of likely N-dealkylation sites (tertiary alicyclic amines) is 2. The van der Waals surface area contributed by atoms with Crippen molar-refractivity contribution in [1.82, 2.24) is 49.9 Å². The van der Waals surface area contributed by atoms with Crippen LogP contribution in [0.1, 0.15) is 77.9 Å². The molecule has 2 saturated heterocycles. The molecule has 5 heterocycles. The van der Waals surface area contributed by atoms with Crippen molar-refractivity contribution in [2.45, 2.75) is 89.4 Å². The number of aromatic amines is 2.